The highest BCUT2D eigenvalue weighted by Gasteiger charge is 2.26. The number of benzene rings is 1. The van der Waals surface area contributed by atoms with Crippen molar-refractivity contribution in [2.75, 3.05) is 18.9 Å². The van der Waals surface area contributed by atoms with Crippen molar-refractivity contribution in [3.8, 4) is 22.6 Å². The summed E-state index contributed by atoms with van der Waals surface area (Å²) in [6.45, 7) is 5.47. The fourth-order valence-electron chi connectivity index (χ4n) is 2.76. The molecular formula is C16H20ClN3O2. The summed E-state index contributed by atoms with van der Waals surface area (Å²) in [5.74, 6) is 2.21. The van der Waals surface area contributed by atoms with Gasteiger partial charge in [-0.15, -0.1) is 0 Å². The summed E-state index contributed by atoms with van der Waals surface area (Å²) in [4.78, 5) is 0. The van der Waals surface area contributed by atoms with E-state index in [1.807, 2.05) is 13.1 Å². The van der Waals surface area contributed by atoms with Crippen LogP contribution in [-0.2, 0) is 7.05 Å². The molecule has 0 unspecified atom stereocenters. The SMILES string of the molecule is CC(C)c1c(-c2cnn(C)c2N)cc(Cl)c2c1OCCCO2. The Morgan fingerprint density at radius 1 is 1.23 bits per heavy atom. The van der Waals surface area contributed by atoms with Gasteiger partial charge in [-0.25, -0.2) is 0 Å². The Balaban J connectivity index is 2.28. The minimum Gasteiger partial charge on any atom is -0.489 e. The van der Waals surface area contributed by atoms with Gasteiger partial charge < -0.3 is 15.2 Å². The van der Waals surface area contributed by atoms with Crippen LogP contribution in [0.5, 0.6) is 11.5 Å². The molecular weight excluding hydrogens is 302 g/mol. The summed E-state index contributed by atoms with van der Waals surface area (Å²) in [6, 6.07) is 1.90. The van der Waals surface area contributed by atoms with E-state index in [4.69, 9.17) is 26.8 Å². The number of hydrogen-bond acceptors (Lipinski definition) is 4. The van der Waals surface area contributed by atoms with E-state index >= 15 is 0 Å². The molecule has 0 radical (unpaired) electrons. The lowest BCUT2D eigenvalue weighted by molar-refractivity contribution is 0.296. The molecule has 6 heteroatoms. The van der Waals surface area contributed by atoms with E-state index in [0.29, 0.717) is 29.8 Å². The molecule has 1 aliphatic rings. The van der Waals surface area contributed by atoms with Crippen LogP contribution >= 0.6 is 11.6 Å². The van der Waals surface area contributed by atoms with E-state index in [-0.39, 0.29) is 5.92 Å². The van der Waals surface area contributed by atoms with Gasteiger partial charge in [-0.05, 0) is 17.5 Å². The molecule has 3 rings (SSSR count). The molecule has 0 saturated heterocycles. The molecule has 118 valence electrons. The molecule has 2 aromatic rings. The second kappa shape index (κ2) is 5.72. The van der Waals surface area contributed by atoms with Crippen molar-refractivity contribution < 1.29 is 9.47 Å². The van der Waals surface area contributed by atoms with Crippen LogP contribution in [0.2, 0.25) is 5.02 Å². The Hall–Kier alpha value is -1.88. The Kier molecular flexibility index (Phi) is 3.91. The first-order valence-corrected chi connectivity index (χ1v) is 7.78. The third-order valence-corrected chi connectivity index (χ3v) is 4.14. The molecule has 2 N–H and O–H groups in total. The molecule has 1 aromatic heterocycles. The molecule has 0 spiro atoms. The molecule has 0 fully saturated rings. The number of nitrogens with zero attached hydrogens (tertiary/aromatic N) is 2. The smallest absolute Gasteiger partial charge is 0.180 e. The summed E-state index contributed by atoms with van der Waals surface area (Å²) < 4.78 is 13.4. The van der Waals surface area contributed by atoms with E-state index in [2.05, 4.69) is 18.9 Å². The topological polar surface area (TPSA) is 62.3 Å². The van der Waals surface area contributed by atoms with Crippen LogP contribution in [0.1, 0.15) is 31.7 Å². The zero-order valence-electron chi connectivity index (χ0n) is 13.0. The van der Waals surface area contributed by atoms with Gasteiger partial charge in [0.1, 0.15) is 5.82 Å². The molecule has 0 aliphatic carbocycles. The van der Waals surface area contributed by atoms with Crippen molar-refractivity contribution in [3.63, 3.8) is 0 Å². The van der Waals surface area contributed by atoms with E-state index in [9.17, 15) is 0 Å². The van der Waals surface area contributed by atoms with Gasteiger partial charge in [0.25, 0.3) is 0 Å². The highest BCUT2D eigenvalue weighted by atomic mass is 35.5. The highest BCUT2D eigenvalue weighted by Crippen LogP contribution is 2.48. The van der Waals surface area contributed by atoms with E-state index in [1.165, 1.54) is 0 Å². The average Bonchev–Trinajstić information content (AvgIpc) is 2.67. The van der Waals surface area contributed by atoms with Gasteiger partial charge in [-0.3, -0.25) is 4.68 Å². The first-order chi connectivity index (χ1) is 10.5. The first kappa shape index (κ1) is 15.0. The number of ether oxygens (including phenoxy) is 2. The van der Waals surface area contributed by atoms with Crippen LogP contribution < -0.4 is 15.2 Å². The molecule has 5 nitrogen and oxygen atoms in total. The van der Waals surface area contributed by atoms with Crippen molar-refractivity contribution >= 4 is 17.4 Å². The van der Waals surface area contributed by atoms with Crippen molar-refractivity contribution in [2.24, 2.45) is 7.05 Å². The van der Waals surface area contributed by atoms with Crippen LogP contribution in [0.15, 0.2) is 12.3 Å². The van der Waals surface area contributed by atoms with Crippen molar-refractivity contribution in [2.45, 2.75) is 26.2 Å². The predicted octanol–water partition coefficient (Wildman–Crippen LogP) is 3.61. The molecule has 22 heavy (non-hydrogen) atoms. The lowest BCUT2D eigenvalue weighted by atomic mass is 9.92. The van der Waals surface area contributed by atoms with Gasteiger partial charge in [-0.1, -0.05) is 25.4 Å². The maximum Gasteiger partial charge on any atom is 0.180 e. The van der Waals surface area contributed by atoms with Crippen molar-refractivity contribution in [1.29, 1.82) is 0 Å². The van der Waals surface area contributed by atoms with Crippen molar-refractivity contribution in [3.05, 3.63) is 22.8 Å². The Morgan fingerprint density at radius 3 is 2.50 bits per heavy atom. The Morgan fingerprint density at radius 2 is 1.91 bits per heavy atom. The number of aryl methyl sites for hydroxylation is 1. The number of hydrogen-bond donors (Lipinski definition) is 1. The highest BCUT2D eigenvalue weighted by molar-refractivity contribution is 6.32. The fourth-order valence-corrected chi connectivity index (χ4v) is 3.01. The van der Waals surface area contributed by atoms with Gasteiger partial charge in [0.15, 0.2) is 11.5 Å². The molecule has 2 heterocycles. The number of fused-ring (bicyclic) bond motifs is 1. The predicted molar refractivity (Wildman–Crippen MR) is 87.8 cm³/mol. The number of nitrogen functional groups attached to an aromatic ring is 1. The monoisotopic (exact) mass is 321 g/mol. The maximum atomic E-state index is 6.43. The summed E-state index contributed by atoms with van der Waals surface area (Å²) in [5, 5.41) is 4.77. The Labute approximate surface area is 135 Å². The number of anilines is 1. The van der Waals surface area contributed by atoms with Gasteiger partial charge in [0.05, 0.1) is 24.4 Å². The Bertz CT molecular complexity index is 710. The standard InChI is InChI=1S/C16H20ClN3O2/c1-9(2)13-10(11-8-19-20(3)16(11)18)7-12(17)14-15(13)22-6-4-5-21-14/h7-9H,4-6,18H2,1-3H3. The number of halogens is 1. The summed E-state index contributed by atoms with van der Waals surface area (Å²) in [7, 11) is 1.82. The third kappa shape index (κ3) is 2.39. The lowest BCUT2D eigenvalue weighted by Crippen LogP contribution is -2.03. The van der Waals surface area contributed by atoms with Gasteiger partial charge in [0, 0.05) is 24.6 Å². The summed E-state index contributed by atoms with van der Waals surface area (Å²) in [5.41, 5.74) is 9.02. The zero-order chi connectivity index (χ0) is 15.9. The summed E-state index contributed by atoms with van der Waals surface area (Å²) >= 11 is 6.43. The van der Waals surface area contributed by atoms with Crippen molar-refractivity contribution in [1.82, 2.24) is 9.78 Å². The molecule has 1 aliphatic heterocycles. The van der Waals surface area contributed by atoms with E-state index < -0.39 is 0 Å². The number of nitrogens with two attached hydrogens (primary N) is 1. The van der Waals surface area contributed by atoms with Crippen LogP contribution in [0.25, 0.3) is 11.1 Å². The second-order valence-corrected chi connectivity index (χ2v) is 6.16. The third-order valence-electron chi connectivity index (χ3n) is 3.86. The summed E-state index contributed by atoms with van der Waals surface area (Å²) in [6.07, 6.45) is 2.60. The minimum atomic E-state index is 0.238. The molecule has 0 bridgehead atoms. The lowest BCUT2D eigenvalue weighted by Gasteiger charge is -2.20. The molecule has 0 atom stereocenters. The van der Waals surface area contributed by atoms with E-state index in [0.717, 1.165) is 28.9 Å². The first-order valence-electron chi connectivity index (χ1n) is 7.40. The second-order valence-electron chi connectivity index (χ2n) is 5.75. The number of aromatic nitrogens is 2. The van der Waals surface area contributed by atoms with Crippen LogP contribution in [-0.4, -0.2) is 23.0 Å². The number of rotatable bonds is 2. The van der Waals surface area contributed by atoms with E-state index in [1.54, 1.807) is 10.9 Å². The molecule has 0 amide bonds. The van der Waals surface area contributed by atoms with Gasteiger partial charge in [0.2, 0.25) is 0 Å². The van der Waals surface area contributed by atoms with Crippen LogP contribution in [0, 0.1) is 0 Å². The quantitative estimate of drug-likeness (QED) is 0.918. The fraction of sp³-hybridized carbons (Fsp3) is 0.438. The van der Waals surface area contributed by atoms with Crippen LogP contribution in [0.4, 0.5) is 5.82 Å². The van der Waals surface area contributed by atoms with Gasteiger partial charge >= 0.3 is 0 Å². The maximum absolute atomic E-state index is 6.43. The largest absolute Gasteiger partial charge is 0.489 e. The molecule has 0 saturated carbocycles. The average molecular weight is 322 g/mol. The van der Waals surface area contributed by atoms with Gasteiger partial charge in [-0.2, -0.15) is 5.10 Å². The zero-order valence-corrected chi connectivity index (χ0v) is 13.8. The minimum absolute atomic E-state index is 0.238. The normalized spacial score (nSPS) is 14.2. The van der Waals surface area contributed by atoms with Crippen LogP contribution in [0.3, 0.4) is 0 Å². The molecule has 1 aromatic carbocycles.